The number of nitrogens with one attached hydrogen (secondary N) is 1. The van der Waals surface area contributed by atoms with Crippen LogP contribution >= 0.6 is 23.2 Å². The Morgan fingerprint density at radius 1 is 1.25 bits per heavy atom. The first-order valence-corrected chi connectivity index (χ1v) is 8.89. The lowest BCUT2D eigenvalue weighted by Crippen LogP contribution is -2.35. The lowest BCUT2D eigenvalue weighted by Gasteiger charge is -2.16. The standard InChI is InChI=1S/C17H17Cl2N5O4/c18-13-7-12(20)8-14(19)15(13)22-17-21-5-6-23(17)16(25)11-3-1-10(2-4-11)9-28-24(26)27/h1-4,7-8,26-27H,5-6,9,20H2,(H,21,22). The fourth-order valence-corrected chi connectivity index (χ4v) is 3.20. The van der Waals surface area contributed by atoms with Gasteiger partial charge in [0.25, 0.3) is 5.91 Å². The summed E-state index contributed by atoms with van der Waals surface area (Å²) in [6.45, 7) is 0.897. The fraction of sp³-hybridized carbons (Fsp3) is 0.176. The van der Waals surface area contributed by atoms with Crippen LogP contribution in [-0.4, -0.2) is 45.7 Å². The summed E-state index contributed by atoms with van der Waals surface area (Å²) in [6.07, 6.45) is 0. The molecule has 11 heteroatoms. The first-order chi connectivity index (χ1) is 13.3. The van der Waals surface area contributed by atoms with E-state index in [0.717, 1.165) is 0 Å². The van der Waals surface area contributed by atoms with Gasteiger partial charge in [-0.15, -0.1) is 0 Å². The van der Waals surface area contributed by atoms with Crippen molar-refractivity contribution in [3.63, 3.8) is 0 Å². The van der Waals surface area contributed by atoms with E-state index in [0.29, 0.717) is 41.6 Å². The number of benzene rings is 2. The summed E-state index contributed by atoms with van der Waals surface area (Å²) < 4.78 is 0. The smallest absolute Gasteiger partial charge is 0.260 e. The van der Waals surface area contributed by atoms with E-state index in [1.165, 1.54) is 17.0 Å². The molecule has 0 atom stereocenters. The SMILES string of the molecule is Nc1cc(Cl)c(/N=C2\NCCN2C(=O)c2ccc(CON(O)O)cc2)c(Cl)c1. The van der Waals surface area contributed by atoms with Crippen LogP contribution in [0.4, 0.5) is 11.4 Å². The number of carbonyl (C=O) groups excluding carboxylic acids is 1. The lowest BCUT2D eigenvalue weighted by molar-refractivity contribution is -0.497. The van der Waals surface area contributed by atoms with Crippen LogP contribution in [-0.2, 0) is 11.4 Å². The molecule has 0 unspecified atom stereocenters. The van der Waals surface area contributed by atoms with Gasteiger partial charge in [-0.05, 0) is 29.8 Å². The molecule has 9 nitrogen and oxygen atoms in total. The van der Waals surface area contributed by atoms with Gasteiger partial charge in [0, 0.05) is 24.3 Å². The highest BCUT2D eigenvalue weighted by Crippen LogP contribution is 2.35. The molecule has 0 radical (unpaired) electrons. The number of anilines is 1. The molecule has 3 rings (SSSR count). The highest BCUT2D eigenvalue weighted by molar-refractivity contribution is 6.39. The van der Waals surface area contributed by atoms with Crippen LogP contribution in [0.1, 0.15) is 15.9 Å². The van der Waals surface area contributed by atoms with Gasteiger partial charge in [-0.25, -0.2) is 9.83 Å². The second kappa shape index (κ2) is 8.74. The Balaban J connectivity index is 1.80. The second-order valence-corrected chi connectivity index (χ2v) is 6.69. The van der Waals surface area contributed by atoms with Crippen molar-refractivity contribution in [1.82, 2.24) is 15.6 Å². The molecule has 0 saturated carbocycles. The monoisotopic (exact) mass is 425 g/mol. The largest absolute Gasteiger partial charge is 0.399 e. The first-order valence-electron chi connectivity index (χ1n) is 8.14. The van der Waals surface area contributed by atoms with Gasteiger partial charge in [0.1, 0.15) is 5.69 Å². The zero-order valence-corrected chi connectivity index (χ0v) is 16.0. The van der Waals surface area contributed by atoms with E-state index in [1.807, 2.05) is 0 Å². The number of nitrogens with zero attached hydrogens (tertiary/aromatic N) is 3. The fourth-order valence-electron chi connectivity index (χ4n) is 2.61. The Bertz CT molecular complexity index is 882. The normalized spacial score (nSPS) is 15.3. The minimum atomic E-state index is -0.370. The van der Waals surface area contributed by atoms with Gasteiger partial charge in [-0.3, -0.25) is 20.1 Å². The number of amides is 1. The van der Waals surface area contributed by atoms with E-state index in [-0.39, 0.29) is 27.9 Å². The van der Waals surface area contributed by atoms with Crippen molar-refractivity contribution in [2.45, 2.75) is 6.61 Å². The molecule has 2 aromatic rings. The minimum absolute atomic E-state index is 0.0619. The molecule has 1 aliphatic heterocycles. The van der Waals surface area contributed by atoms with Gasteiger partial charge >= 0.3 is 0 Å². The van der Waals surface area contributed by atoms with Crippen molar-refractivity contribution in [2.75, 3.05) is 18.8 Å². The summed E-state index contributed by atoms with van der Waals surface area (Å²) in [5.74, 6) is 0.0760. The molecule has 1 fully saturated rings. The molecule has 0 aromatic heterocycles. The summed E-state index contributed by atoms with van der Waals surface area (Å²) in [5.41, 5.74) is 7.52. The molecule has 1 saturated heterocycles. The van der Waals surface area contributed by atoms with Crippen LogP contribution in [0.3, 0.4) is 0 Å². The van der Waals surface area contributed by atoms with E-state index in [1.54, 1.807) is 24.3 Å². The number of halogens is 2. The molecule has 0 aliphatic carbocycles. The molecule has 0 spiro atoms. The van der Waals surface area contributed by atoms with E-state index in [9.17, 15) is 4.79 Å². The summed E-state index contributed by atoms with van der Waals surface area (Å²) in [6, 6.07) is 9.58. The van der Waals surface area contributed by atoms with Gasteiger partial charge < -0.3 is 11.1 Å². The third-order valence-corrected chi connectivity index (χ3v) is 4.50. The molecule has 5 N–H and O–H groups in total. The van der Waals surface area contributed by atoms with Crippen molar-refractivity contribution < 1.29 is 20.0 Å². The number of aliphatic imine (C=N–C) groups is 1. The van der Waals surface area contributed by atoms with E-state index >= 15 is 0 Å². The third kappa shape index (κ3) is 4.71. The van der Waals surface area contributed by atoms with Crippen LogP contribution in [0.25, 0.3) is 0 Å². The second-order valence-electron chi connectivity index (χ2n) is 5.88. The van der Waals surface area contributed by atoms with Crippen LogP contribution < -0.4 is 11.1 Å². The van der Waals surface area contributed by atoms with Crippen LogP contribution in [0.5, 0.6) is 0 Å². The van der Waals surface area contributed by atoms with Crippen molar-refractivity contribution in [1.29, 1.82) is 0 Å². The lowest BCUT2D eigenvalue weighted by atomic mass is 10.1. The molecule has 1 heterocycles. The van der Waals surface area contributed by atoms with Crippen molar-refractivity contribution >= 4 is 46.4 Å². The summed E-state index contributed by atoms with van der Waals surface area (Å²) in [7, 11) is 0. The number of nitrogens with two attached hydrogens (primary N) is 1. The average molecular weight is 426 g/mol. The molecular weight excluding hydrogens is 409 g/mol. The number of hydrogen-bond acceptors (Lipinski definition) is 7. The number of guanidine groups is 1. The number of nitrogen functional groups attached to an aromatic ring is 1. The Hall–Kier alpha value is -2.40. The maximum atomic E-state index is 12.8. The number of hydrogen-bond donors (Lipinski definition) is 4. The maximum Gasteiger partial charge on any atom is 0.260 e. The Morgan fingerprint density at radius 2 is 1.89 bits per heavy atom. The Labute approximate surface area is 170 Å². The first kappa shape index (κ1) is 20.3. The van der Waals surface area contributed by atoms with Crippen LogP contribution in [0.15, 0.2) is 41.4 Å². The summed E-state index contributed by atoms with van der Waals surface area (Å²) in [5, 5.41) is 20.4. The summed E-state index contributed by atoms with van der Waals surface area (Å²) in [4.78, 5) is 23.3. The van der Waals surface area contributed by atoms with E-state index < -0.39 is 0 Å². The predicted octanol–water partition coefficient (Wildman–Crippen LogP) is 2.82. The molecule has 1 aliphatic rings. The zero-order chi connectivity index (χ0) is 20.3. The zero-order valence-electron chi connectivity index (χ0n) is 14.5. The van der Waals surface area contributed by atoms with Gasteiger partial charge in [-0.2, -0.15) is 0 Å². The quantitative estimate of drug-likeness (QED) is 0.428. The number of rotatable bonds is 5. The predicted molar refractivity (Wildman–Crippen MR) is 104 cm³/mol. The van der Waals surface area contributed by atoms with E-state index in [2.05, 4.69) is 15.1 Å². The minimum Gasteiger partial charge on any atom is -0.399 e. The number of carbonyl (C=O) groups is 1. The topological polar surface area (TPSA) is 124 Å². The highest BCUT2D eigenvalue weighted by atomic mass is 35.5. The molecule has 1 amide bonds. The highest BCUT2D eigenvalue weighted by Gasteiger charge is 2.26. The maximum absolute atomic E-state index is 12.8. The molecule has 148 valence electrons. The van der Waals surface area contributed by atoms with Gasteiger partial charge in [0.05, 0.1) is 22.0 Å². The molecule has 2 aromatic carbocycles. The Morgan fingerprint density at radius 3 is 2.50 bits per heavy atom. The van der Waals surface area contributed by atoms with Crippen molar-refractivity contribution in [3.05, 3.63) is 57.6 Å². The third-order valence-electron chi connectivity index (χ3n) is 3.92. The molecule has 0 bridgehead atoms. The van der Waals surface area contributed by atoms with E-state index in [4.69, 9.17) is 39.4 Å². The van der Waals surface area contributed by atoms with Gasteiger partial charge in [0.15, 0.2) is 0 Å². The average Bonchev–Trinajstić information content (AvgIpc) is 3.11. The van der Waals surface area contributed by atoms with Crippen LogP contribution in [0.2, 0.25) is 10.0 Å². The van der Waals surface area contributed by atoms with Crippen molar-refractivity contribution in [3.8, 4) is 0 Å². The van der Waals surface area contributed by atoms with Gasteiger partial charge in [0.2, 0.25) is 5.96 Å². The molecule has 28 heavy (non-hydrogen) atoms. The Kier molecular flexibility index (Phi) is 6.35. The summed E-state index contributed by atoms with van der Waals surface area (Å²) >= 11 is 12.3. The van der Waals surface area contributed by atoms with Crippen molar-refractivity contribution in [2.24, 2.45) is 4.99 Å². The van der Waals surface area contributed by atoms with Crippen LogP contribution in [0, 0.1) is 0 Å². The molecular formula is C17H17Cl2N5O4. The van der Waals surface area contributed by atoms with Gasteiger partial charge in [-0.1, -0.05) is 35.3 Å².